The molecule has 0 heterocycles. The Morgan fingerprint density at radius 3 is 1.18 bits per heavy atom. The molecule has 0 spiro atoms. The molecule has 0 N–H and O–H groups in total. The molecule has 0 unspecified atom stereocenters. The number of benzene rings is 11. The maximum Gasteiger partial charge on any atom is 0.101 e. The number of hydrogen-bond donors (Lipinski definition) is 0. The van der Waals surface area contributed by atoms with Crippen LogP contribution < -0.4 is 9.80 Å². The van der Waals surface area contributed by atoms with Gasteiger partial charge in [0.15, 0.2) is 0 Å². The van der Waals surface area contributed by atoms with Crippen LogP contribution in [-0.2, 0) is 5.41 Å². The van der Waals surface area contributed by atoms with Crippen molar-refractivity contribution in [1.29, 1.82) is 10.5 Å². The summed E-state index contributed by atoms with van der Waals surface area (Å²) in [4.78, 5) is 4.52. The number of fused-ring (bicyclic) bond motifs is 5. The van der Waals surface area contributed by atoms with Gasteiger partial charge in [-0.05, 0) is 139 Å². The summed E-state index contributed by atoms with van der Waals surface area (Å²) in [6.07, 6.45) is 0. The Bertz CT molecular complexity index is 3930. The van der Waals surface area contributed by atoms with Crippen molar-refractivity contribution < 1.29 is 0 Å². The van der Waals surface area contributed by atoms with Crippen LogP contribution in [0.15, 0.2) is 255 Å². The molecule has 4 nitrogen and oxygen atoms in total. The maximum absolute atomic E-state index is 11.1. The molecule has 4 heteroatoms. The molecule has 1 aliphatic rings. The normalized spacial score (nSPS) is 12.1. The average molecular weight is 933 g/mol. The number of rotatable bonds is 10. The first-order valence-electron chi connectivity index (χ1n) is 24.7. The van der Waals surface area contributed by atoms with Crippen molar-refractivity contribution in [2.45, 2.75) is 19.3 Å². The number of para-hydroxylation sites is 2. The van der Waals surface area contributed by atoms with E-state index >= 15 is 0 Å². The van der Waals surface area contributed by atoms with Crippen molar-refractivity contribution in [1.82, 2.24) is 0 Å². The topological polar surface area (TPSA) is 54.1 Å². The van der Waals surface area contributed by atoms with Gasteiger partial charge in [-0.25, -0.2) is 0 Å². The SMILES string of the molecule is CC1(C)c2cc(N(c3ccccc3)c3c(C#N)cc(-c4ccccc4)cc3-c3ccccc3)ccc2-c2ccc3cc(N(c4ccccc4)c4c(C#N)cc(-c5ccccc5)cc4-c4ccccc4)ccc3c21. The lowest BCUT2D eigenvalue weighted by Crippen LogP contribution is -2.18. The predicted molar refractivity (Wildman–Crippen MR) is 302 cm³/mol. The van der Waals surface area contributed by atoms with E-state index < -0.39 is 5.41 Å². The van der Waals surface area contributed by atoms with Gasteiger partial charge in [0.1, 0.15) is 12.1 Å². The molecular formula is C69H48N4. The monoisotopic (exact) mass is 932 g/mol. The smallest absolute Gasteiger partial charge is 0.101 e. The zero-order chi connectivity index (χ0) is 49.5. The summed E-state index contributed by atoms with van der Waals surface area (Å²) < 4.78 is 0. The minimum atomic E-state index is -0.400. The van der Waals surface area contributed by atoms with Gasteiger partial charge in [-0.2, -0.15) is 10.5 Å². The second-order valence-electron chi connectivity index (χ2n) is 19.1. The minimum Gasteiger partial charge on any atom is -0.309 e. The fraction of sp³-hybridized carbons (Fsp3) is 0.0435. The molecule has 12 rings (SSSR count). The van der Waals surface area contributed by atoms with Crippen molar-refractivity contribution >= 4 is 44.9 Å². The number of anilines is 6. The number of hydrogen-bond acceptors (Lipinski definition) is 4. The Balaban J connectivity index is 1.01. The fourth-order valence-electron chi connectivity index (χ4n) is 11.1. The van der Waals surface area contributed by atoms with Gasteiger partial charge in [-0.15, -0.1) is 0 Å². The van der Waals surface area contributed by atoms with E-state index in [4.69, 9.17) is 0 Å². The van der Waals surface area contributed by atoms with E-state index in [2.05, 4.69) is 218 Å². The van der Waals surface area contributed by atoms with Crippen molar-refractivity contribution in [3.05, 3.63) is 277 Å². The van der Waals surface area contributed by atoms with Gasteiger partial charge in [0, 0.05) is 39.3 Å². The highest BCUT2D eigenvalue weighted by molar-refractivity contribution is 6.02. The van der Waals surface area contributed by atoms with Gasteiger partial charge in [-0.3, -0.25) is 0 Å². The molecule has 11 aromatic rings. The van der Waals surface area contributed by atoms with Gasteiger partial charge in [0.25, 0.3) is 0 Å². The molecule has 73 heavy (non-hydrogen) atoms. The molecule has 0 fully saturated rings. The van der Waals surface area contributed by atoms with Gasteiger partial charge >= 0.3 is 0 Å². The zero-order valence-corrected chi connectivity index (χ0v) is 40.5. The van der Waals surface area contributed by atoms with Crippen LogP contribution in [0.1, 0.15) is 36.1 Å². The third-order valence-electron chi connectivity index (χ3n) is 14.4. The third kappa shape index (κ3) is 7.89. The Kier molecular flexibility index (Phi) is 11.3. The maximum atomic E-state index is 11.1. The lowest BCUT2D eigenvalue weighted by molar-refractivity contribution is 0.666. The van der Waals surface area contributed by atoms with Gasteiger partial charge in [-0.1, -0.05) is 196 Å². The summed E-state index contributed by atoms with van der Waals surface area (Å²) >= 11 is 0. The van der Waals surface area contributed by atoms with Crippen LogP contribution in [0, 0.1) is 22.7 Å². The van der Waals surface area contributed by atoms with Crippen LogP contribution in [0.2, 0.25) is 0 Å². The standard InChI is InChI=1S/C69H48N4/c1-69(2)65-44-59(73(57-31-19-8-20-32-57)68-55(46-71)40-53(48-23-11-4-12-24-48)43-64(68)50-27-15-6-16-28-50)35-38-61(65)62-36-33-51-41-58(34-37-60(51)66(62)69)72(56-29-17-7-18-30-56)67-54(45-70)39-52(47-21-9-3-10-22-47)42-63(67)49-25-13-5-14-26-49/h3-44H,1-2H3. The molecule has 344 valence electrons. The van der Waals surface area contributed by atoms with E-state index in [-0.39, 0.29) is 0 Å². The summed E-state index contributed by atoms with van der Waals surface area (Å²) in [5, 5.41) is 24.4. The summed E-state index contributed by atoms with van der Waals surface area (Å²) in [5.41, 5.74) is 19.2. The predicted octanol–water partition coefficient (Wildman–Crippen LogP) is 18.5. The van der Waals surface area contributed by atoms with Crippen LogP contribution >= 0.6 is 0 Å². The van der Waals surface area contributed by atoms with Gasteiger partial charge < -0.3 is 9.80 Å². The summed E-state index contributed by atoms with van der Waals surface area (Å²) in [6.45, 7) is 4.67. The second kappa shape index (κ2) is 18.5. The van der Waals surface area contributed by atoms with Crippen LogP contribution in [0.4, 0.5) is 34.1 Å². The highest BCUT2D eigenvalue weighted by atomic mass is 15.2. The molecular weight excluding hydrogens is 885 g/mol. The fourth-order valence-corrected chi connectivity index (χ4v) is 11.1. The van der Waals surface area contributed by atoms with E-state index in [0.29, 0.717) is 11.1 Å². The lowest BCUT2D eigenvalue weighted by Gasteiger charge is -2.31. The number of nitrogens with zero attached hydrogens (tertiary/aromatic N) is 4. The zero-order valence-electron chi connectivity index (χ0n) is 40.5. The average Bonchev–Trinajstić information content (AvgIpc) is 3.70. The van der Waals surface area contributed by atoms with E-state index in [1.807, 2.05) is 72.8 Å². The Labute approximate surface area is 427 Å². The molecule has 0 radical (unpaired) electrons. The Hall–Kier alpha value is -9.74. The van der Waals surface area contributed by atoms with Crippen LogP contribution in [0.3, 0.4) is 0 Å². The first-order chi connectivity index (χ1) is 35.9. The minimum absolute atomic E-state index is 0.400. The molecule has 0 aliphatic heterocycles. The molecule has 0 saturated heterocycles. The second-order valence-corrected chi connectivity index (χ2v) is 19.1. The largest absolute Gasteiger partial charge is 0.309 e. The molecule has 0 amide bonds. The van der Waals surface area contributed by atoms with Gasteiger partial charge in [0.2, 0.25) is 0 Å². The first-order valence-corrected chi connectivity index (χ1v) is 24.7. The summed E-state index contributed by atoms with van der Waals surface area (Å²) in [5.74, 6) is 0. The van der Waals surface area contributed by atoms with Crippen molar-refractivity contribution in [2.24, 2.45) is 0 Å². The summed E-state index contributed by atoms with van der Waals surface area (Å²) in [7, 11) is 0. The van der Waals surface area contributed by atoms with E-state index in [9.17, 15) is 10.5 Å². The molecule has 0 aromatic heterocycles. The van der Waals surface area contributed by atoms with Crippen LogP contribution in [-0.4, -0.2) is 0 Å². The van der Waals surface area contributed by atoms with Crippen molar-refractivity contribution in [3.63, 3.8) is 0 Å². The molecule has 0 atom stereocenters. The Morgan fingerprint density at radius 1 is 0.329 bits per heavy atom. The highest BCUT2D eigenvalue weighted by Gasteiger charge is 2.38. The molecule has 1 aliphatic carbocycles. The lowest BCUT2D eigenvalue weighted by atomic mass is 9.80. The van der Waals surface area contributed by atoms with E-state index in [1.54, 1.807) is 0 Å². The van der Waals surface area contributed by atoms with E-state index in [0.717, 1.165) is 84.0 Å². The molecule has 0 saturated carbocycles. The molecule has 0 bridgehead atoms. The third-order valence-corrected chi connectivity index (χ3v) is 14.4. The van der Waals surface area contributed by atoms with E-state index in [1.165, 1.54) is 27.6 Å². The Morgan fingerprint density at radius 2 is 0.726 bits per heavy atom. The number of nitriles is 2. The van der Waals surface area contributed by atoms with Crippen molar-refractivity contribution in [2.75, 3.05) is 9.80 Å². The van der Waals surface area contributed by atoms with Gasteiger partial charge in [0.05, 0.1) is 22.5 Å². The van der Waals surface area contributed by atoms with Crippen molar-refractivity contribution in [3.8, 4) is 67.8 Å². The van der Waals surface area contributed by atoms with Crippen LogP contribution in [0.25, 0.3) is 66.4 Å². The first kappa shape index (κ1) is 44.5. The molecule has 11 aromatic carbocycles. The summed E-state index contributed by atoms with van der Waals surface area (Å²) in [6, 6.07) is 94.0. The van der Waals surface area contributed by atoms with Crippen LogP contribution in [0.5, 0.6) is 0 Å². The highest BCUT2D eigenvalue weighted by Crippen LogP contribution is 2.55. The quantitative estimate of drug-likeness (QED) is 0.137.